The Morgan fingerprint density at radius 3 is 2.62 bits per heavy atom. The Hall–Kier alpha value is -1.10. The van der Waals surface area contributed by atoms with Gasteiger partial charge >= 0.3 is 0 Å². The summed E-state index contributed by atoms with van der Waals surface area (Å²) in [6.45, 7) is 1.62. The van der Waals surface area contributed by atoms with Gasteiger partial charge in [-0.05, 0) is 19.4 Å². The Kier molecular flexibility index (Phi) is 3.25. The van der Waals surface area contributed by atoms with Gasteiger partial charge in [0.05, 0.1) is 12.5 Å². The summed E-state index contributed by atoms with van der Waals surface area (Å²) in [5.41, 5.74) is 10.2. The molecule has 1 heterocycles. The van der Waals surface area contributed by atoms with Gasteiger partial charge in [0.1, 0.15) is 0 Å². The van der Waals surface area contributed by atoms with Gasteiger partial charge in [0.2, 0.25) is 11.8 Å². The first-order valence-corrected chi connectivity index (χ1v) is 4.39. The van der Waals surface area contributed by atoms with E-state index in [4.69, 9.17) is 11.5 Å². The Morgan fingerprint density at radius 1 is 1.38 bits per heavy atom. The molecule has 1 aliphatic heterocycles. The highest BCUT2D eigenvalue weighted by molar-refractivity contribution is 5.78. The molecular formula is C8H15N3O2. The van der Waals surface area contributed by atoms with Crippen molar-refractivity contribution < 1.29 is 9.59 Å². The monoisotopic (exact) mass is 185 g/mol. The molecule has 0 bridgehead atoms. The van der Waals surface area contributed by atoms with Crippen LogP contribution in [-0.2, 0) is 9.59 Å². The number of likely N-dealkylation sites (tertiary alicyclic amines) is 1. The van der Waals surface area contributed by atoms with E-state index in [1.165, 1.54) is 0 Å². The Morgan fingerprint density at radius 2 is 2.08 bits per heavy atom. The fraction of sp³-hybridized carbons (Fsp3) is 0.750. The van der Waals surface area contributed by atoms with Crippen LogP contribution in [0.5, 0.6) is 0 Å². The maximum Gasteiger partial charge on any atom is 0.231 e. The maximum atomic E-state index is 10.9. The lowest BCUT2D eigenvalue weighted by Crippen LogP contribution is -2.44. The topological polar surface area (TPSA) is 89.4 Å². The third-order valence-corrected chi connectivity index (χ3v) is 2.29. The van der Waals surface area contributed by atoms with Gasteiger partial charge in [-0.25, -0.2) is 0 Å². The fourth-order valence-electron chi connectivity index (χ4n) is 1.65. The molecule has 5 heteroatoms. The van der Waals surface area contributed by atoms with Gasteiger partial charge < -0.3 is 11.5 Å². The van der Waals surface area contributed by atoms with Crippen LogP contribution < -0.4 is 11.5 Å². The van der Waals surface area contributed by atoms with E-state index >= 15 is 0 Å². The predicted molar refractivity (Wildman–Crippen MR) is 47.6 cm³/mol. The van der Waals surface area contributed by atoms with Crippen molar-refractivity contribution in [3.63, 3.8) is 0 Å². The zero-order valence-electron chi connectivity index (χ0n) is 7.53. The second-order valence-corrected chi connectivity index (χ2v) is 3.44. The van der Waals surface area contributed by atoms with E-state index in [0.29, 0.717) is 6.54 Å². The summed E-state index contributed by atoms with van der Waals surface area (Å²) < 4.78 is 0. The average molecular weight is 185 g/mol. The normalized spacial score (nSPS) is 24.2. The van der Waals surface area contributed by atoms with Crippen molar-refractivity contribution >= 4 is 11.8 Å². The average Bonchev–Trinajstić information content (AvgIpc) is 2.03. The van der Waals surface area contributed by atoms with Crippen LogP contribution in [0.15, 0.2) is 0 Å². The van der Waals surface area contributed by atoms with Gasteiger partial charge in [-0.15, -0.1) is 0 Å². The third-order valence-electron chi connectivity index (χ3n) is 2.29. The Labute approximate surface area is 77.1 Å². The quantitative estimate of drug-likeness (QED) is 0.570. The number of carbonyl (C=O) groups excluding carboxylic acids is 2. The number of hydrogen-bond donors (Lipinski definition) is 2. The zero-order chi connectivity index (χ0) is 9.84. The van der Waals surface area contributed by atoms with Gasteiger partial charge in [-0.1, -0.05) is 0 Å². The molecule has 4 N–H and O–H groups in total. The van der Waals surface area contributed by atoms with E-state index in [-0.39, 0.29) is 24.3 Å². The first kappa shape index (κ1) is 9.98. The molecule has 0 saturated carbocycles. The van der Waals surface area contributed by atoms with Crippen molar-refractivity contribution in [2.45, 2.75) is 12.8 Å². The van der Waals surface area contributed by atoms with Gasteiger partial charge in [-0.2, -0.15) is 0 Å². The number of rotatable bonds is 3. The van der Waals surface area contributed by atoms with Crippen LogP contribution >= 0.6 is 0 Å². The molecule has 0 aliphatic carbocycles. The zero-order valence-corrected chi connectivity index (χ0v) is 7.53. The van der Waals surface area contributed by atoms with E-state index in [0.717, 1.165) is 19.4 Å². The Bertz CT molecular complexity index is 217. The number of nitrogens with zero attached hydrogens (tertiary/aromatic N) is 1. The van der Waals surface area contributed by atoms with Crippen LogP contribution in [0.4, 0.5) is 0 Å². The van der Waals surface area contributed by atoms with Crippen LogP contribution in [0.3, 0.4) is 0 Å². The molecule has 1 atom stereocenters. The van der Waals surface area contributed by atoms with Gasteiger partial charge in [0.15, 0.2) is 0 Å². The lowest BCUT2D eigenvalue weighted by molar-refractivity contribution is -0.125. The molecule has 0 aromatic heterocycles. The van der Waals surface area contributed by atoms with Crippen molar-refractivity contribution in [2.75, 3.05) is 19.6 Å². The highest BCUT2D eigenvalue weighted by atomic mass is 16.1. The van der Waals surface area contributed by atoms with E-state index in [9.17, 15) is 9.59 Å². The lowest BCUT2D eigenvalue weighted by atomic mass is 9.97. The minimum absolute atomic E-state index is 0.118. The van der Waals surface area contributed by atoms with Crippen molar-refractivity contribution in [2.24, 2.45) is 17.4 Å². The molecule has 0 radical (unpaired) electrons. The largest absolute Gasteiger partial charge is 0.369 e. The van der Waals surface area contributed by atoms with E-state index in [1.54, 1.807) is 0 Å². The minimum Gasteiger partial charge on any atom is -0.369 e. The van der Waals surface area contributed by atoms with Crippen LogP contribution in [0.2, 0.25) is 0 Å². The highest BCUT2D eigenvalue weighted by Crippen LogP contribution is 2.15. The summed E-state index contributed by atoms with van der Waals surface area (Å²) in [6, 6.07) is 0. The summed E-state index contributed by atoms with van der Waals surface area (Å²) in [5.74, 6) is -0.757. The van der Waals surface area contributed by atoms with Crippen LogP contribution in [-0.4, -0.2) is 36.3 Å². The summed E-state index contributed by atoms with van der Waals surface area (Å²) in [7, 11) is 0. The van der Waals surface area contributed by atoms with Crippen LogP contribution in [0.1, 0.15) is 12.8 Å². The molecule has 1 rings (SSSR count). The second-order valence-electron chi connectivity index (χ2n) is 3.44. The number of piperidine rings is 1. The SMILES string of the molecule is NC(=O)CN1CCC[C@H](C(N)=O)C1. The number of amides is 2. The van der Waals surface area contributed by atoms with Gasteiger partial charge in [0.25, 0.3) is 0 Å². The molecule has 1 aliphatic rings. The van der Waals surface area contributed by atoms with Crippen molar-refractivity contribution in [3.05, 3.63) is 0 Å². The maximum absolute atomic E-state index is 10.9. The summed E-state index contributed by atoms with van der Waals surface area (Å²) >= 11 is 0. The molecule has 13 heavy (non-hydrogen) atoms. The van der Waals surface area contributed by atoms with Crippen molar-refractivity contribution in [1.82, 2.24) is 4.90 Å². The molecule has 0 aromatic rings. The molecule has 5 nitrogen and oxygen atoms in total. The van der Waals surface area contributed by atoms with Crippen LogP contribution in [0.25, 0.3) is 0 Å². The summed E-state index contributed by atoms with van der Waals surface area (Å²) in [5, 5.41) is 0. The fourth-order valence-corrected chi connectivity index (χ4v) is 1.65. The molecule has 0 spiro atoms. The van der Waals surface area contributed by atoms with E-state index in [1.807, 2.05) is 4.90 Å². The van der Waals surface area contributed by atoms with E-state index in [2.05, 4.69) is 0 Å². The first-order valence-electron chi connectivity index (χ1n) is 4.39. The number of primary amides is 2. The number of nitrogens with two attached hydrogens (primary N) is 2. The Balaban J connectivity index is 2.41. The van der Waals surface area contributed by atoms with Gasteiger partial charge in [0, 0.05) is 6.54 Å². The van der Waals surface area contributed by atoms with Crippen molar-refractivity contribution in [3.8, 4) is 0 Å². The van der Waals surface area contributed by atoms with Crippen LogP contribution in [0, 0.1) is 5.92 Å². The van der Waals surface area contributed by atoms with E-state index < -0.39 is 0 Å². The third kappa shape index (κ3) is 3.02. The molecule has 0 unspecified atom stereocenters. The summed E-state index contributed by atoms with van der Waals surface area (Å²) in [6.07, 6.45) is 1.73. The first-order chi connectivity index (χ1) is 6.09. The molecule has 0 aromatic carbocycles. The highest BCUT2D eigenvalue weighted by Gasteiger charge is 2.24. The summed E-state index contributed by atoms with van der Waals surface area (Å²) in [4.78, 5) is 23.3. The standard InChI is InChI=1S/C8H15N3O2/c9-7(12)5-11-3-1-2-6(4-11)8(10)13/h6H,1-5H2,(H2,9,12)(H2,10,13)/t6-/m0/s1. The molecule has 1 fully saturated rings. The number of carbonyl (C=O) groups is 2. The smallest absolute Gasteiger partial charge is 0.231 e. The predicted octanol–water partition coefficient (Wildman–Crippen LogP) is -1.33. The molecule has 2 amide bonds. The number of hydrogen-bond acceptors (Lipinski definition) is 3. The minimum atomic E-state index is -0.356. The molecule has 1 saturated heterocycles. The van der Waals surface area contributed by atoms with Crippen molar-refractivity contribution in [1.29, 1.82) is 0 Å². The molecular weight excluding hydrogens is 170 g/mol. The lowest BCUT2D eigenvalue weighted by Gasteiger charge is -2.29. The molecule has 74 valence electrons. The second kappa shape index (κ2) is 4.23. The van der Waals surface area contributed by atoms with Gasteiger partial charge in [-0.3, -0.25) is 14.5 Å².